The summed E-state index contributed by atoms with van der Waals surface area (Å²) in [5, 5.41) is 3.39. The number of benzene rings is 1. The maximum absolute atomic E-state index is 8.21. The summed E-state index contributed by atoms with van der Waals surface area (Å²) in [7, 11) is 0. The van der Waals surface area contributed by atoms with E-state index in [1.807, 2.05) is 31.2 Å². The zero-order valence-electron chi connectivity index (χ0n) is 9.91. The smallest absolute Gasteiger partial charge is 0.200 e. The summed E-state index contributed by atoms with van der Waals surface area (Å²) in [4.78, 5) is 6.68. The van der Waals surface area contributed by atoms with Crippen molar-refractivity contribution >= 4 is 0 Å². The summed E-state index contributed by atoms with van der Waals surface area (Å²) >= 11 is 0. The fourth-order valence-electron chi connectivity index (χ4n) is 1.49. The van der Waals surface area contributed by atoms with Gasteiger partial charge in [0, 0.05) is 10.5 Å². The van der Waals surface area contributed by atoms with Gasteiger partial charge in [0.1, 0.15) is 12.3 Å². The number of rotatable bonds is 5. The van der Waals surface area contributed by atoms with Gasteiger partial charge < -0.3 is 9.15 Å². The second-order valence-electron chi connectivity index (χ2n) is 3.46. The van der Waals surface area contributed by atoms with Crippen molar-refractivity contribution in [1.29, 1.82) is 0 Å². The highest BCUT2D eigenvalue weighted by atomic mass is 16.5. The molecule has 0 N–H and O–H groups in total. The average Bonchev–Trinajstić information content (AvgIpc) is 2.86. The Hall–Kier alpha value is -2.46. The quantitative estimate of drug-likeness (QED) is 0.458. The van der Waals surface area contributed by atoms with Gasteiger partial charge in [0.15, 0.2) is 5.76 Å². The van der Waals surface area contributed by atoms with Crippen molar-refractivity contribution in [3.8, 4) is 17.1 Å². The van der Waals surface area contributed by atoms with Gasteiger partial charge in [0.05, 0.1) is 12.8 Å². The molecule has 1 heterocycles. The van der Waals surface area contributed by atoms with E-state index in [1.54, 1.807) is 6.20 Å². The van der Waals surface area contributed by atoms with Gasteiger partial charge in [-0.3, -0.25) is 0 Å². The molecule has 0 aliphatic heterocycles. The zero-order chi connectivity index (χ0) is 12.8. The van der Waals surface area contributed by atoms with E-state index in [-0.39, 0.29) is 6.54 Å². The lowest BCUT2D eigenvalue weighted by Crippen LogP contribution is -1.90. The Bertz CT molecular complexity index is 556. The van der Waals surface area contributed by atoms with Gasteiger partial charge in [-0.2, -0.15) is 0 Å². The lowest BCUT2D eigenvalue weighted by molar-refractivity contribution is 0.340. The molecular formula is C12H12N4O2. The predicted molar refractivity (Wildman–Crippen MR) is 66.0 cm³/mol. The Morgan fingerprint density at radius 2 is 2.17 bits per heavy atom. The molecule has 0 amide bonds. The highest BCUT2D eigenvalue weighted by Gasteiger charge is 2.05. The summed E-state index contributed by atoms with van der Waals surface area (Å²) in [5.74, 6) is 1.85. The van der Waals surface area contributed by atoms with Gasteiger partial charge in [-0.05, 0) is 36.7 Å². The Balaban J connectivity index is 2.15. The van der Waals surface area contributed by atoms with Gasteiger partial charge in [0.25, 0.3) is 0 Å². The molecule has 6 heteroatoms. The summed E-state index contributed by atoms with van der Waals surface area (Å²) in [6, 6.07) is 7.52. The first-order valence-corrected chi connectivity index (χ1v) is 5.52. The Morgan fingerprint density at radius 1 is 1.39 bits per heavy atom. The van der Waals surface area contributed by atoms with Crippen LogP contribution in [0.2, 0.25) is 0 Å². The molecule has 2 aromatic rings. The van der Waals surface area contributed by atoms with Crippen molar-refractivity contribution in [2.45, 2.75) is 13.5 Å². The van der Waals surface area contributed by atoms with Gasteiger partial charge >= 0.3 is 0 Å². The van der Waals surface area contributed by atoms with Crippen LogP contribution in [-0.4, -0.2) is 11.6 Å². The van der Waals surface area contributed by atoms with E-state index in [9.17, 15) is 0 Å². The topological polar surface area (TPSA) is 84.0 Å². The van der Waals surface area contributed by atoms with E-state index in [0.29, 0.717) is 18.3 Å². The van der Waals surface area contributed by atoms with Crippen LogP contribution in [0.25, 0.3) is 21.8 Å². The normalized spacial score (nSPS) is 9.83. The minimum Gasteiger partial charge on any atom is -0.494 e. The molecule has 2 rings (SSSR count). The van der Waals surface area contributed by atoms with Crippen LogP contribution in [0.1, 0.15) is 12.8 Å². The van der Waals surface area contributed by atoms with Crippen LogP contribution in [0.5, 0.6) is 5.75 Å². The van der Waals surface area contributed by atoms with Gasteiger partial charge in [0.2, 0.25) is 5.89 Å². The first-order chi connectivity index (χ1) is 8.83. The second kappa shape index (κ2) is 5.75. The molecule has 18 heavy (non-hydrogen) atoms. The Morgan fingerprint density at radius 3 is 2.83 bits per heavy atom. The molecule has 0 aliphatic carbocycles. The molecule has 0 saturated heterocycles. The Labute approximate surface area is 104 Å². The molecule has 0 spiro atoms. The number of hydrogen-bond donors (Lipinski definition) is 0. The van der Waals surface area contributed by atoms with Crippen molar-refractivity contribution in [2.75, 3.05) is 6.61 Å². The van der Waals surface area contributed by atoms with Crippen LogP contribution in [0.15, 0.2) is 40.0 Å². The fourth-order valence-corrected chi connectivity index (χ4v) is 1.49. The van der Waals surface area contributed by atoms with Gasteiger partial charge in [-0.25, -0.2) is 4.98 Å². The van der Waals surface area contributed by atoms with E-state index >= 15 is 0 Å². The first-order valence-electron chi connectivity index (χ1n) is 5.52. The molecule has 0 aliphatic rings. The minimum absolute atomic E-state index is 0.119. The Kier molecular flexibility index (Phi) is 3.83. The van der Waals surface area contributed by atoms with E-state index in [4.69, 9.17) is 14.7 Å². The predicted octanol–water partition coefficient (Wildman–Crippen LogP) is 3.55. The summed E-state index contributed by atoms with van der Waals surface area (Å²) in [6.07, 6.45) is 1.61. The number of hydrogen-bond acceptors (Lipinski definition) is 4. The fraction of sp³-hybridized carbons (Fsp3) is 0.250. The van der Waals surface area contributed by atoms with E-state index in [2.05, 4.69) is 15.0 Å². The largest absolute Gasteiger partial charge is 0.494 e. The molecule has 92 valence electrons. The third-order valence-electron chi connectivity index (χ3n) is 2.27. The van der Waals surface area contributed by atoms with Crippen LogP contribution in [0.4, 0.5) is 0 Å². The number of azide groups is 1. The number of aromatic nitrogens is 1. The summed E-state index contributed by atoms with van der Waals surface area (Å²) in [6.45, 7) is 2.69. The van der Waals surface area contributed by atoms with Crippen molar-refractivity contribution in [1.82, 2.24) is 4.98 Å². The number of nitrogens with zero attached hydrogens (tertiary/aromatic N) is 4. The van der Waals surface area contributed by atoms with Crippen LogP contribution in [0.3, 0.4) is 0 Å². The SMILES string of the molecule is CCOc1ccc(-c2cnc(CN=[N+]=[N-])o2)cc1. The third kappa shape index (κ3) is 2.81. The molecule has 0 saturated carbocycles. The maximum atomic E-state index is 8.21. The molecule has 1 aromatic carbocycles. The van der Waals surface area contributed by atoms with Gasteiger partial charge in [-0.1, -0.05) is 5.11 Å². The van der Waals surface area contributed by atoms with Crippen molar-refractivity contribution in [3.05, 3.63) is 46.8 Å². The molecule has 6 nitrogen and oxygen atoms in total. The average molecular weight is 244 g/mol. The second-order valence-corrected chi connectivity index (χ2v) is 3.46. The first kappa shape index (κ1) is 12.0. The molecule has 1 aromatic heterocycles. The number of oxazole rings is 1. The highest BCUT2D eigenvalue weighted by molar-refractivity contribution is 5.57. The van der Waals surface area contributed by atoms with Crippen molar-refractivity contribution in [3.63, 3.8) is 0 Å². The molecule has 0 unspecified atom stereocenters. The van der Waals surface area contributed by atoms with Crippen LogP contribution < -0.4 is 4.74 Å². The molecule has 0 fully saturated rings. The van der Waals surface area contributed by atoms with Crippen LogP contribution in [-0.2, 0) is 6.54 Å². The monoisotopic (exact) mass is 244 g/mol. The standard InChI is InChI=1S/C12H12N4O2/c1-2-17-10-5-3-9(4-6-10)11-7-14-12(18-11)8-15-16-13/h3-7H,2,8H2,1H3. The maximum Gasteiger partial charge on any atom is 0.200 e. The zero-order valence-corrected chi connectivity index (χ0v) is 9.91. The summed E-state index contributed by atoms with van der Waals surface area (Å²) < 4.78 is 10.8. The van der Waals surface area contributed by atoms with Crippen molar-refractivity contribution in [2.24, 2.45) is 5.11 Å². The van der Waals surface area contributed by atoms with Crippen LogP contribution >= 0.6 is 0 Å². The lowest BCUT2D eigenvalue weighted by atomic mass is 10.2. The van der Waals surface area contributed by atoms with Gasteiger partial charge in [-0.15, -0.1) is 0 Å². The third-order valence-corrected chi connectivity index (χ3v) is 2.27. The van der Waals surface area contributed by atoms with Crippen molar-refractivity contribution < 1.29 is 9.15 Å². The lowest BCUT2D eigenvalue weighted by Gasteiger charge is -2.02. The minimum atomic E-state index is 0.119. The van der Waals surface area contributed by atoms with E-state index in [0.717, 1.165) is 11.3 Å². The van der Waals surface area contributed by atoms with E-state index in [1.165, 1.54) is 0 Å². The highest BCUT2D eigenvalue weighted by Crippen LogP contribution is 2.23. The number of ether oxygens (including phenoxy) is 1. The molecular weight excluding hydrogens is 232 g/mol. The molecule has 0 atom stereocenters. The molecule has 0 bridgehead atoms. The molecule has 0 radical (unpaired) electrons. The van der Waals surface area contributed by atoms with Crippen LogP contribution in [0, 0.1) is 0 Å². The van der Waals surface area contributed by atoms with E-state index < -0.39 is 0 Å². The summed E-state index contributed by atoms with van der Waals surface area (Å²) in [5.41, 5.74) is 9.11.